The molecule has 3 aromatic rings. The summed E-state index contributed by atoms with van der Waals surface area (Å²) in [5, 5.41) is 2.89. The van der Waals surface area contributed by atoms with Crippen molar-refractivity contribution < 1.29 is 18.0 Å². The number of sulfonamides is 1. The van der Waals surface area contributed by atoms with Crippen LogP contribution >= 0.6 is 15.9 Å². The Hall–Kier alpha value is -3.17. The molecule has 0 unspecified atom stereocenters. The van der Waals surface area contributed by atoms with Crippen molar-refractivity contribution in [3.8, 4) is 0 Å². The Morgan fingerprint density at radius 3 is 2.03 bits per heavy atom. The predicted octanol–water partition coefficient (Wildman–Crippen LogP) is 4.88. The van der Waals surface area contributed by atoms with Crippen molar-refractivity contribution in [1.29, 1.82) is 0 Å². The zero-order valence-corrected chi connectivity index (χ0v) is 24.3. The molecule has 0 spiro atoms. The van der Waals surface area contributed by atoms with Crippen LogP contribution in [0.25, 0.3) is 0 Å². The van der Waals surface area contributed by atoms with Gasteiger partial charge < -0.3 is 10.2 Å². The molecule has 0 saturated heterocycles. The number of benzene rings is 3. The molecular weight excluding hydrogens is 566 g/mol. The average Bonchev–Trinajstić information content (AvgIpc) is 2.92. The Bertz CT molecular complexity index is 1300. The van der Waals surface area contributed by atoms with E-state index in [1.807, 2.05) is 44.2 Å². The van der Waals surface area contributed by atoms with Crippen molar-refractivity contribution in [2.75, 3.05) is 23.9 Å². The molecule has 0 aliphatic carbocycles. The van der Waals surface area contributed by atoms with Crippen molar-refractivity contribution in [3.63, 3.8) is 0 Å². The van der Waals surface area contributed by atoms with E-state index in [-0.39, 0.29) is 23.3 Å². The van der Waals surface area contributed by atoms with Crippen molar-refractivity contribution in [2.24, 2.45) is 5.92 Å². The van der Waals surface area contributed by atoms with Crippen LogP contribution in [0.4, 0.5) is 5.69 Å². The number of hydrogen-bond donors (Lipinski definition) is 1. The second kappa shape index (κ2) is 13.6. The molecule has 0 saturated carbocycles. The minimum atomic E-state index is -4.06. The smallest absolute Gasteiger partial charge is 0.264 e. The molecule has 0 radical (unpaired) electrons. The number of nitrogens with zero attached hydrogens (tertiary/aromatic N) is 2. The zero-order chi connectivity index (χ0) is 27.7. The third kappa shape index (κ3) is 7.91. The molecule has 1 atom stereocenters. The Balaban J connectivity index is 1.94. The van der Waals surface area contributed by atoms with Gasteiger partial charge in [-0.3, -0.25) is 13.9 Å². The molecule has 0 fully saturated rings. The highest BCUT2D eigenvalue weighted by Crippen LogP contribution is 2.26. The summed E-state index contributed by atoms with van der Waals surface area (Å²) in [5.41, 5.74) is 1.37. The zero-order valence-electron chi connectivity index (χ0n) is 21.9. The molecule has 0 aliphatic rings. The third-order valence-corrected chi connectivity index (χ3v) is 8.38. The van der Waals surface area contributed by atoms with Crippen LogP contribution < -0.4 is 9.62 Å². The quantitative estimate of drug-likeness (QED) is 0.321. The van der Waals surface area contributed by atoms with Crippen LogP contribution in [0, 0.1) is 5.92 Å². The summed E-state index contributed by atoms with van der Waals surface area (Å²) < 4.78 is 29.3. The monoisotopic (exact) mass is 599 g/mol. The van der Waals surface area contributed by atoms with Crippen LogP contribution in [0.5, 0.6) is 0 Å². The Morgan fingerprint density at radius 2 is 1.45 bits per heavy atom. The molecule has 202 valence electrons. The highest BCUT2D eigenvalue weighted by Gasteiger charge is 2.32. The summed E-state index contributed by atoms with van der Waals surface area (Å²) in [7, 11) is -4.06. The standard InChI is InChI=1S/C29H34BrN3O4S/c1-22(2)20-31-29(35)23(3)32(19-18-24-10-6-4-7-11-24)28(34)21-33(26-16-14-25(30)15-17-26)38(36,37)27-12-8-5-9-13-27/h4-17,22-23H,18-21H2,1-3H3,(H,31,35)/t23-/m0/s1. The van der Waals surface area contributed by atoms with Crippen LogP contribution in [-0.2, 0) is 26.0 Å². The van der Waals surface area contributed by atoms with E-state index in [0.717, 1.165) is 14.3 Å². The molecule has 9 heteroatoms. The molecule has 0 aliphatic heterocycles. The minimum absolute atomic E-state index is 0.0780. The molecule has 7 nitrogen and oxygen atoms in total. The normalized spacial score (nSPS) is 12.1. The first-order chi connectivity index (χ1) is 18.1. The highest BCUT2D eigenvalue weighted by atomic mass is 79.9. The fourth-order valence-corrected chi connectivity index (χ4v) is 5.58. The van der Waals surface area contributed by atoms with Crippen LogP contribution in [0.15, 0.2) is 94.3 Å². The topological polar surface area (TPSA) is 86.8 Å². The maximum Gasteiger partial charge on any atom is 0.264 e. The first-order valence-corrected chi connectivity index (χ1v) is 14.8. The van der Waals surface area contributed by atoms with Gasteiger partial charge in [0.1, 0.15) is 12.6 Å². The fraction of sp³-hybridized carbons (Fsp3) is 0.310. The van der Waals surface area contributed by atoms with Gasteiger partial charge >= 0.3 is 0 Å². The molecule has 2 amide bonds. The first kappa shape index (κ1) is 29.4. The number of rotatable bonds is 12. The molecule has 0 bridgehead atoms. The van der Waals surface area contributed by atoms with Crippen molar-refractivity contribution in [3.05, 3.63) is 95.0 Å². The summed E-state index contributed by atoms with van der Waals surface area (Å²) in [6, 6.07) is 23.6. The Morgan fingerprint density at radius 1 is 0.868 bits per heavy atom. The fourth-order valence-electron chi connectivity index (χ4n) is 3.88. The predicted molar refractivity (Wildman–Crippen MR) is 154 cm³/mol. The molecule has 0 heterocycles. The van der Waals surface area contributed by atoms with Crippen LogP contribution in [-0.4, -0.2) is 50.8 Å². The summed E-state index contributed by atoms with van der Waals surface area (Å²) in [4.78, 5) is 28.3. The number of carbonyl (C=O) groups excluding carboxylic acids is 2. The van der Waals surface area contributed by atoms with E-state index in [1.54, 1.807) is 49.4 Å². The molecule has 38 heavy (non-hydrogen) atoms. The number of carbonyl (C=O) groups is 2. The summed E-state index contributed by atoms with van der Waals surface area (Å²) in [5.74, 6) is -0.486. The van der Waals surface area contributed by atoms with E-state index >= 15 is 0 Å². The van der Waals surface area contributed by atoms with Crippen molar-refractivity contribution in [2.45, 2.75) is 38.1 Å². The van der Waals surface area contributed by atoms with Crippen LogP contribution in [0.3, 0.4) is 0 Å². The average molecular weight is 601 g/mol. The second-order valence-electron chi connectivity index (χ2n) is 9.44. The maximum absolute atomic E-state index is 13.8. The highest BCUT2D eigenvalue weighted by molar-refractivity contribution is 9.10. The lowest BCUT2D eigenvalue weighted by Gasteiger charge is -2.32. The van der Waals surface area contributed by atoms with E-state index in [2.05, 4.69) is 21.2 Å². The number of nitrogens with one attached hydrogen (secondary N) is 1. The van der Waals surface area contributed by atoms with Gasteiger partial charge in [-0.15, -0.1) is 0 Å². The molecule has 3 aromatic carbocycles. The lowest BCUT2D eigenvalue weighted by molar-refractivity contribution is -0.138. The van der Waals surface area contributed by atoms with Gasteiger partial charge in [-0.2, -0.15) is 0 Å². The maximum atomic E-state index is 13.8. The van der Waals surface area contributed by atoms with Crippen LogP contribution in [0.2, 0.25) is 0 Å². The van der Waals surface area contributed by atoms with Gasteiger partial charge in [-0.05, 0) is 61.2 Å². The minimum Gasteiger partial charge on any atom is -0.354 e. The van der Waals surface area contributed by atoms with Crippen molar-refractivity contribution in [1.82, 2.24) is 10.2 Å². The summed E-state index contributed by atoms with van der Waals surface area (Å²) >= 11 is 3.38. The van der Waals surface area contributed by atoms with Gasteiger partial charge in [0.05, 0.1) is 10.6 Å². The SMILES string of the molecule is CC(C)CNC(=O)[C@H](C)N(CCc1ccccc1)C(=O)CN(c1ccc(Br)cc1)S(=O)(=O)c1ccccc1. The van der Waals surface area contributed by atoms with E-state index < -0.39 is 28.5 Å². The largest absolute Gasteiger partial charge is 0.354 e. The summed E-state index contributed by atoms with van der Waals surface area (Å²) in [6.07, 6.45) is 0.526. The number of hydrogen-bond acceptors (Lipinski definition) is 4. The lowest BCUT2D eigenvalue weighted by Crippen LogP contribution is -2.52. The molecule has 3 rings (SSSR count). The van der Waals surface area contributed by atoms with Gasteiger partial charge in [-0.25, -0.2) is 8.42 Å². The van der Waals surface area contributed by atoms with Gasteiger partial charge in [0.15, 0.2) is 0 Å². The second-order valence-corrected chi connectivity index (χ2v) is 12.2. The van der Waals surface area contributed by atoms with Crippen molar-refractivity contribution >= 4 is 43.5 Å². The lowest BCUT2D eigenvalue weighted by atomic mass is 10.1. The van der Waals surface area contributed by atoms with E-state index in [0.29, 0.717) is 18.7 Å². The molecule has 0 aromatic heterocycles. The Kier molecular flexibility index (Phi) is 10.5. The summed E-state index contributed by atoms with van der Waals surface area (Å²) in [6.45, 7) is 5.96. The Labute approximate surface area is 234 Å². The van der Waals surface area contributed by atoms with E-state index in [9.17, 15) is 18.0 Å². The van der Waals surface area contributed by atoms with E-state index in [4.69, 9.17) is 0 Å². The number of anilines is 1. The molecular formula is C29H34BrN3O4S. The van der Waals surface area contributed by atoms with Crippen LogP contribution in [0.1, 0.15) is 26.3 Å². The van der Waals surface area contributed by atoms with Gasteiger partial charge in [-0.1, -0.05) is 78.3 Å². The van der Waals surface area contributed by atoms with Gasteiger partial charge in [0.25, 0.3) is 10.0 Å². The molecule has 1 N–H and O–H groups in total. The van der Waals surface area contributed by atoms with E-state index in [1.165, 1.54) is 17.0 Å². The number of halogens is 1. The van der Waals surface area contributed by atoms with Gasteiger partial charge in [0, 0.05) is 17.6 Å². The number of amides is 2. The third-order valence-electron chi connectivity index (χ3n) is 6.06. The van der Waals surface area contributed by atoms with Gasteiger partial charge in [0.2, 0.25) is 11.8 Å². The first-order valence-electron chi connectivity index (χ1n) is 12.5.